The lowest BCUT2D eigenvalue weighted by Gasteiger charge is -2.23. The summed E-state index contributed by atoms with van der Waals surface area (Å²) in [7, 11) is 0. The van der Waals surface area contributed by atoms with Crippen molar-refractivity contribution in [3.63, 3.8) is 0 Å². The fraction of sp³-hybridized carbons (Fsp3) is 0.571. The molecule has 1 aromatic rings. The third-order valence-electron chi connectivity index (χ3n) is 3.50. The van der Waals surface area contributed by atoms with Gasteiger partial charge in [-0.05, 0) is 43.7 Å². The number of ether oxygens (including phenoxy) is 1. The van der Waals surface area contributed by atoms with E-state index in [0.29, 0.717) is 0 Å². The van der Waals surface area contributed by atoms with E-state index in [9.17, 15) is 0 Å². The zero-order valence-corrected chi connectivity index (χ0v) is 9.99. The first-order chi connectivity index (χ1) is 7.68. The van der Waals surface area contributed by atoms with Crippen LogP contribution in [0.25, 0.3) is 0 Å². The van der Waals surface area contributed by atoms with Crippen molar-refractivity contribution in [2.75, 3.05) is 6.61 Å². The molecule has 0 bridgehead atoms. The van der Waals surface area contributed by atoms with Crippen LogP contribution in [0, 0.1) is 5.92 Å². The van der Waals surface area contributed by atoms with Crippen LogP contribution in [0.3, 0.4) is 0 Å². The number of nitrogens with two attached hydrogens (primary N) is 1. The van der Waals surface area contributed by atoms with Crippen molar-refractivity contribution in [1.29, 1.82) is 0 Å². The van der Waals surface area contributed by atoms with Gasteiger partial charge in [0.15, 0.2) is 0 Å². The summed E-state index contributed by atoms with van der Waals surface area (Å²) in [5, 5.41) is 0. The topological polar surface area (TPSA) is 35.2 Å². The molecule has 2 heteroatoms. The number of hydrogen-bond donors (Lipinski definition) is 1. The van der Waals surface area contributed by atoms with Crippen molar-refractivity contribution in [3.8, 4) is 5.75 Å². The van der Waals surface area contributed by atoms with Crippen molar-refractivity contribution in [2.24, 2.45) is 11.7 Å². The standard InChI is InChI=1S/C14H21NO/c1-12-7-8-14(15,11-12)9-10-16-13-5-3-2-4-6-13/h2-6,12H,7-11,15H2,1H3. The molecule has 88 valence electrons. The summed E-state index contributed by atoms with van der Waals surface area (Å²) in [6, 6.07) is 9.95. The van der Waals surface area contributed by atoms with Crippen LogP contribution >= 0.6 is 0 Å². The maximum Gasteiger partial charge on any atom is 0.119 e. The minimum Gasteiger partial charge on any atom is -0.494 e. The van der Waals surface area contributed by atoms with Crippen molar-refractivity contribution in [1.82, 2.24) is 0 Å². The molecule has 16 heavy (non-hydrogen) atoms. The highest BCUT2D eigenvalue weighted by Gasteiger charge is 2.33. The van der Waals surface area contributed by atoms with Gasteiger partial charge in [-0.2, -0.15) is 0 Å². The largest absolute Gasteiger partial charge is 0.494 e. The van der Waals surface area contributed by atoms with Gasteiger partial charge in [-0.3, -0.25) is 0 Å². The molecular weight excluding hydrogens is 198 g/mol. The molecule has 1 aliphatic carbocycles. The Morgan fingerprint density at radius 2 is 2.12 bits per heavy atom. The van der Waals surface area contributed by atoms with E-state index in [-0.39, 0.29) is 5.54 Å². The maximum absolute atomic E-state index is 6.33. The van der Waals surface area contributed by atoms with Gasteiger partial charge >= 0.3 is 0 Å². The molecule has 1 fully saturated rings. The first kappa shape index (κ1) is 11.5. The Balaban J connectivity index is 1.76. The summed E-state index contributed by atoms with van der Waals surface area (Å²) in [6.45, 7) is 3.01. The Kier molecular flexibility index (Phi) is 3.49. The second kappa shape index (κ2) is 4.88. The maximum atomic E-state index is 6.33. The van der Waals surface area contributed by atoms with Crippen LogP contribution in [0.1, 0.15) is 32.6 Å². The highest BCUT2D eigenvalue weighted by Crippen LogP contribution is 2.34. The van der Waals surface area contributed by atoms with E-state index in [1.807, 2.05) is 30.3 Å². The van der Waals surface area contributed by atoms with Crippen LogP contribution in [0.15, 0.2) is 30.3 Å². The van der Waals surface area contributed by atoms with Gasteiger partial charge < -0.3 is 10.5 Å². The first-order valence-corrected chi connectivity index (χ1v) is 6.15. The third-order valence-corrected chi connectivity index (χ3v) is 3.50. The van der Waals surface area contributed by atoms with Crippen LogP contribution in [0.2, 0.25) is 0 Å². The van der Waals surface area contributed by atoms with Crippen LogP contribution in [0.4, 0.5) is 0 Å². The van der Waals surface area contributed by atoms with Crippen LogP contribution in [0.5, 0.6) is 5.75 Å². The number of para-hydroxylation sites is 1. The second-order valence-electron chi connectivity index (χ2n) is 5.12. The Labute approximate surface area is 97.8 Å². The van der Waals surface area contributed by atoms with Gasteiger partial charge in [-0.25, -0.2) is 0 Å². The number of benzene rings is 1. The lowest BCUT2D eigenvalue weighted by molar-refractivity contribution is 0.255. The predicted molar refractivity (Wildman–Crippen MR) is 66.5 cm³/mol. The summed E-state index contributed by atoms with van der Waals surface area (Å²) in [6.07, 6.45) is 4.52. The lowest BCUT2D eigenvalue weighted by Crippen LogP contribution is -2.38. The quantitative estimate of drug-likeness (QED) is 0.845. The van der Waals surface area contributed by atoms with Gasteiger partial charge in [0.2, 0.25) is 0 Å². The van der Waals surface area contributed by atoms with E-state index in [2.05, 4.69) is 6.92 Å². The monoisotopic (exact) mass is 219 g/mol. The molecule has 0 aliphatic heterocycles. The zero-order chi connectivity index (χ0) is 11.4. The molecule has 0 saturated heterocycles. The molecular formula is C14H21NO. The minimum absolute atomic E-state index is 0.0220. The fourth-order valence-electron chi connectivity index (χ4n) is 2.55. The van der Waals surface area contributed by atoms with Crippen LogP contribution in [-0.4, -0.2) is 12.1 Å². The molecule has 1 saturated carbocycles. The van der Waals surface area contributed by atoms with Gasteiger partial charge in [0.1, 0.15) is 5.75 Å². The summed E-state index contributed by atoms with van der Waals surface area (Å²) in [5.74, 6) is 1.72. The lowest BCUT2D eigenvalue weighted by atomic mass is 9.94. The first-order valence-electron chi connectivity index (χ1n) is 6.15. The van der Waals surface area contributed by atoms with Crippen molar-refractivity contribution in [2.45, 2.75) is 38.1 Å². The van der Waals surface area contributed by atoms with E-state index in [1.54, 1.807) is 0 Å². The van der Waals surface area contributed by atoms with E-state index < -0.39 is 0 Å². The average Bonchev–Trinajstić information content (AvgIpc) is 2.60. The molecule has 2 unspecified atom stereocenters. The second-order valence-corrected chi connectivity index (χ2v) is 5.12. The molecule has 1 aliphatic rings. The number of hydrogen-bond acceptors (Lipinski definition) is 2. The molecule has 2 N–H and O–H groups in total. The van der Waals surface area contributed by atoms with Gasteiger partial charge in [0, 0.05) is 5.54 Å². The minimum atomic E-state index is 0.0220. The molecule has 1 aromatic carbocycles. The Bertz CT molecular complexity index is 325. The van der Waals surface area contributed by atoms with Gasteiger partial charge in [0.05, 0.1) is 6.61 Å². The normalized spacial score (nSPS) is 29.2. The summed E-state index contributed by atoms with van der Waals surface area (Å²) in [4.78, 5) is 0. The van der Waals surface area contributed by atoms with E-state index in [4.69, 9.17) is 10.5 Å². The van der Waals surface area contributed by atoms with Crippen molar-refractivity contribution < 1.29 is 4.74 Å². The molecule has 0 heterocycles. The smallest absolute Gasteiger partial charge is 0.119 e. The van der Waals surface area contributed by atoms with E-state index in [0.717, 1.165) is 37.5 Å². The molecule has 2 rings (SSSR count). The fourth-order valence-corrected chi connectivity index (χ4v) is 2.55. The summed E-state index contributed by atoms with van der Waals surface area (Å²) < 4.78 is 5.69. The van der Waals surface area contributed by atoms with Gasteiger partial charge in [0.25, 0.3) is 0 Å². The Morgan fingerprint density at radius 3 is 2.75 bits per heavy atom. The highest BCUT2D eigenvalue weighted by molar-refractivity contribution is 5.20. The summed E-state index contributed by atoms with van der Waals surface area (Å²) in [5.41, 5.74) is 6.36. The molecule has 0 spiro atoms. The molecule has 0 radical (unpaired) electrons. The Hall–Kier alpha value is -1.02. The third kappa shape index (κ3) is 2.99. The van der Waals surface area contributed by atoms with Crippen molar-refractivity contribution >= 4 is 0 Å². The van der Waals surface area contributed by atoms with E-state index >= 15 is 0 Å². The van der Waals surface area contributed by atoms with Gasteiger partial charge in [-0.1, -0.05) is 25.1 Å². The van der Waals surface area contributed by atoms with Crippen LogP contribution < -0.4 is 10.5 Å². The number of rotatable bonds is 4. The predicted octanol–water partition coefficient (Wildman–Crippen LogP) is 2.97. The molecule has 0 amide bonds. The molecule has 2 nitrogen and oxygen atoms in total. The Morgan fingerprint density at radius 1 is 1.38 bits per heavy atom. The molecule has 0 aromatic heterocycles. The van der Waals surface area contributed by atoms with Crippen molar-refractivity contribution in [3.05, 3.63) is 30.3 Å². The van der Waals surface area contributed by atoms with Crippen LogP contribution in [-0.2, 0) is 0 Å². The average molecular weight is 219 g/mol. The molecule has 2 atom stereocenters. The zero-order valence-electron chi connectivity index (χ0n) is 9.99. The highest BCUT2D eigenvalue weighted by atomic mass is 16.5. The summed E-state index contributed by atoms with van der Waals surface area (Å²) >= 11 is 0. The van der Waals surface area contributed by atoms with Gasteiger partial charge in [-0.15, -0.1) is 0 Å². The SMILES string of the molecule is CC1CCC(N)(CCOc2ccccc2)C1. The van der Waals surface area contributed by atoms with E-state index in [1.165, 1.54) is 6.42 Å².